The second-order valence-corrected chi connectivity index (χ2v) is 10.0. The molecule has 1 fully saturated rings. The van der Waals surface area contributed by atoms with Crippen LogP contribution < -0.4 is 5.32 Å². The van der Waals surface area contributed by atoms with Crippen LogP contribution in [-0.2, 0) is 21.2 Å². The van der Waals surface area contributed by atoms with Crippen LogP contribution in [0.5, 0.6) is 0 Å². The molecule has 0 aliphatic carbocycles. The van der Waals surface area contributed by atoms with Gasteiger partial charge in [0.15, 0.2) is 0 Å². The molecule has 0 unspecified atom stereocenters. The molecule has 0 saturated carbocycles. The molecule has 1 saturated heterocycles. The number of benzene rings is 2. The van der Waals surface area contributed by atoms with Crippen LogP contribution in [0.25, 0.3) is 11.4 Å². The van der Waals surface area contributed by atoms with Gasteiger partial charge in [0.25, 0.3) is 0 Å². The number of amides is 1. The summed E-state index contributed by atoms with van der Waals surface area (Å²) < 4.78 is 60.4. The quantitative estimate of drug-likeness (QED) is 0.561. The molecule has 4 rings (SSSR count). The number of carbonyl (C=O) groups excluding carboxylic acids is 1. The van der Waals surface area contributed by atoms with Crippen molar-refractivity contribution in [3.05, 3.63) is 59.5 Å². The van der Waals surface area contributed by atoms with Crippen LogP contribution >= 0.6 is 0 Å². The maximum atomic E-state index is 13.8. The van der Waals surface area contributed by atoms with Gasteiger partial charge in [-0.2, -0.15) is 9.29 Å². The molecule has 0 atom stereocenters. The van der Waals surface area contributed by atoms with Crippen LogP contribution in [0, 0.1) is 24.5 Å². The van der Waals surface area contributed by atoms with Crippen molar-refractivity contribution in [1.29, 1.82) is 0 Å². The second kappa shape index (κ2) is 9.59. The third-order valence-electron chi connectivity index (χ3n) is 5.85. The lowest BCUT2D eigenvalue weighted by atomic mass is 9.97. The summed E-state index contributed by atoms with van der Waals surface area (Å²) in [6.45, 7) is 3.83. The van der Waals surface area contributed by atoms with E-state index in [4.69, 9.17) is 4.52 Å². The van der Waals surface area contributed by atoms with Crippen molar-refractivity contribution in [3.63, 3.8) is 0 Å². The molecule has 0 radical (unpaired) electrons. The zero-order valence-corrected chi connectivity index (χ0v) is 19.5. The van der Waals surface area contributed by atoms with E-state index in [-0.39, 0.29) is 36.5 Å². The number of sulfonamides is 1. The van der Waals surface area contributed by atoms with Crippen LogP contribution in [0.4, 0.5) is 14.5 Å². The average molecular weight is 491 g/mol. The van der Waals surface area contributed by atoms with E-state index in [9.17, 15) is 22.0 Å². The number of aryl methyl sites for hydroxylation is 2. The van der Waals surface area contributed by atoms with E-state index in [1.807, 2.05) is 6.92 Å². The van der Waals surface area contributed by atoms with Crippen LogP contribution in [0.1, 0.15) is 31.2 Å². The number of anilines is 1. The highest BCUT2D eigenvalue weighted by atomic mass is 32.2. The summed E-state index contributed by atoms with van der Waals surface area (Å²) in [5, 5.41) is 6.31. The van der Waals surface area contributed by atoms with Gasteiger partial charge in [0.05, 0.1) is 10.6 Å². The van der Waals surface area contributed by atoms with E-state index in [1.54, 1.807) is 19.1 Å². The van der Waals surface area contributed by atoms with E-state index < -0.39 is 33.5 Å². The topological polar surface area (TPSA) is 105 Å². The molecule has 2 aromatic carbocycles. The van der Waals surface area contributed by atoms with Gasteiger partial charge in [0, 0.05) is 37.1 Å². The summed E-state index contributed by atoms with van der Waals surface area (Å²) in [5.41, 5.74) is 0.864. The summed E-state index contributed by atoms with van der Waals surface area (Å²) in [6, 6.07) is 7.77. The monoisotopic (exact) mass is 490 g/mol. The van der Waals surface area contributed by atoms with Gasteiger partial charge in [0.2, 0.25) is 27.6 Å². The summed E-state index contributed by atoms with van der Waals surface area (Å²) in [6.07, 6.45) is 1.08. The Kier molecular flexibility index (Phi) is 6.76. The molecule has 180 valence electrons. The minimum absolute atomic E-state index is 0.123. The predicted molar refractivity (Wildman–Crippen MR) is 120 cm³/mol. The van der Waals surface area contributed by atoms with Crippen molar-refractivity contribution in [2.75, 3.05) is 18.4 Å². The number of halogens is 2. The van der Waals surface area contributed by atoms with E-state index in [1.165, 1.54) is 10.4 Å². The van der Waals surface area contributed by atoms with Gasteiger partial charge in [0.1, 0.15) is 11.6 Å². The smallest absolute Gasteiger partial charge is 0.243 e. The van der Waals surface area contributed by atoms with Crippen LogP contribution in [0.15, 0.2) is 45.8 Å². The first kappa shape index (κ1) is 24.0. The van der Waals surface area contributed by atoms with Crippen molar-refractivity contribution in [2.24, 2.45) is 5.92 Å². The van der Waals surface area contributed by atoms with Crippen molar-refractivity contribution in [1.82, 2.24) is 14.4 Å². The van der Waals surface area contributed by atoms with Gasteiger partial charge >= 0.3 is 0 Å². The summed E-state index contributed by atoms with van der Waals surface area (Å²) in [5.74, 6) is -1.62. The normalized spacial score (nSPS) is 15.4. The molecular weight excluding hydrogens is 466 g/mol. The lowest BCUT2D eigenvalue weighted by molar-refractivity contribution is -0.120. The number of piperidine rings is 1. The second-order valence-electron chi connectivity index (χ2n) is 8.14. The number of nitrogens with one attached hydrogen (secondary N) is 1. The Bertz CT molecular complexity index is 1320. The van der Waals surface area contributed by atoms with Crippen molar-refractivity contribution in [2.45, 2.75) is 38.0 Å². The number of hydrogen-bond acceptors (Lipinski definition) is 6. The average Bonchev–Trinajstić information content (AvgIpc) is 3.31. The van der Waals surface area contributed by atoms with Crippen LogP contribution in [-0.4, -0.2) is 41.9 Å². The summed E-state index contributed by atoms with van der Waals surface area (Å²) >= 11 is 0. The molecule has 11 heteroatoms. The highest BCUT2D eigenvalue weighted by Crippen LogP contribution is 2.29. The number of rotatable bonds is 6. The first-order chi connectivity index (χ1) is 16.2. The molecule has 34 heavy (non-hydrogen) atoms. The largest absolute Gasteiger partial charge is 0.339 e. The fraction of sp³-hybridized carbons (Fsp3) is 0.348. The van der Waals surface area contributed by atoms with Gasteiger partial charge in [-0.25, -0.2) is 17.2 Å². The van der Waals surface area contributed by atoms with Gasteiger partial charge in [-0.15, -0.1) is 0 Å². The van der Waals surface area contributed by atoms with E-state index in [2.05, 4.69) is 15.5 Å². The van der Waals surface area contributed by atoms with Crippen LogP contribution in [0.2, 0.25) is 0 Å². The zero-order valence-electron chi connectivity index (χ0n) is 18.7. The summed E-state index contributed by atoms with van der Waals surface area (Å²) in [4.78, 5) is 16.9. The highest BCUT2D eigenvalue weighted by molar-refractivity contribution is 7.89. The highest BCUT2D eigenvalue weighted by Gasteiger charge is 2.33. The van der Waals surface area contributed by atoms with Crippen LogP contribution in [0.3, 0.4) is 0 Å². The van der Waals surface area contributed by atoms with Gasteiger partial charge in [-0.1, -0.05) is 24.2 Å². The Morgan fingerprint density at radius 1 is 1.18 bits per heavy atom. The summed E-state index contributed by atoms with van der Waals surface area (Å²) in [7, 11) is -3.84. The number of carbonyl (C=O) groups is 1. The van der Waals surface area contributed by atoms with Gasteiger partial charge in [-0.05, 0) is 43.5 Å². The molecule has 3 aromatic rings. The zero-order chi connectivity index (χ0) is 24.5. The van der Waals surface area contributed by atoms with Gasteiger partial charge < -0.3 is 9.84 Å². The molecule has 1 aliphatic rings. The number of nitrogens with zero attached hydrogens (tertiary/aromatic N) is 3. The molecule has 1 aliphatic heterocycles. The lowest BCUT2D eigenvalue weighted by Crippen LogP contribution is -2.41. The fourth-order valence-electron chi connectivity index (χ4n) is 3.86. The molecule has 0 bridgehead atoms. The third kappa shape index (κ3) is 4.85. The Hall–Kier alpha value is -3.18. The Morgan fingerprint density at radius 3 is 2.59 bits per heavy atom. The predicted octanol–water partition coefficient (Wildman–Crippen LogP) is 3.93. The molecule has 1 N–H and O–H groups in total. The molecular formula is C23H24F2N4O4S. The van der Waals surface area contributed by atoms with E-state index in [0.29, 0.717) is 29.3 Å². The SMILES string of the molecule is CCc1nc(-c2ccc(C)c(S(=O)(=O)N3CCC(C(=O)Nc4cc(F)ccc4F)CC3)c2)no1. The van der Waals surface area contributed by atoms with Crippen molar-refractivity contribution < 1.29 is 26.5 Å². The molecule has 1 amide bonds. The maximum Gasteiger partial charge on any atom is 0.243 e. The maximum absolute atomic E-state index is 13.8. The van der Waals surface area contributed by atoms with Crippen molar-refractivity contribution in [3.8, 4) is 11.4 Å². The van der Waals surface area contributed by atoms with E-state index in [0.717, 1.165) is 18.2 Å². The minimum Gasteiger partial charge on any atom is -0.339 e. The standard InChI is InChI=1S/C23H24F2N4O4S/c1-3-21-27-22(28-33-21)16-5-4-14(2)20(12-16)34(31,32)29-10-8-15(9-11-29)23(30)26-19-13-17(24)6-7-18(19)25/h4-7,12-13,15H,3,8-11H2,1-2H3,(H,26,30). The fourth-order valence-corrected chi connectivity index (χ4v) is 5.58. The molecule has 1 aromatic heterocycles. The number of hydrogen-bond donors (Lipinski definition) is 1. The Morgan fingerprint density at radius 2 is 1.91 bits per heavy atom. The number of aromatic nitrogens is 2. The Balaban J connectivity index is 1.47. The van der Waals surface area contributed by atoms with Crippen molar-refractivity contribution >= 4 is 21.6 Å². The van der Waals surface area contributed by atoms with Gasteiger partial charge in [-0.3, -0.25) is 4.79 Å². The molecule has 8 nitrogen and oxygen atoms in total. The van der Waals surface area contributed by atoms with E-state index >= 15 is 0 Å². The lowest BCUT2D eigenvalue weighted by Gasteiger charge is -2.31. The first-order valence-corrected chi connectivity index (χ1v) is 12.3. The molecule has 2 heterocycles. The Labute approximate surface area is 196 Å². The minimum atomic E-state index is -3.84. The first-order valence-electron chi connectivity index (χ1n) is 10.9. The third-order valence-corrected chi connectivity index (χ3v) is 7.89. The molecule has 0 spiro atoms.